The van der Waals surface area contributed by atoms with Crippen molar-refractivity contribution in [3.8, 4) is 11.5 Å². The van der Waals surface area contributed by atoms with Gasteiger partial charge < -0.3 is 14.2 Å². The molecule has 0 unspecified atom stereocenters. The van der Waals surface area contributed by atoms with Crippen molar-refractivity contribution >= 4 is 11.6 Å². The fourth-order valence-electron chi connectivity index (χ4n) is 3.03. The number of methoxy groups -OCH3 is 2. The molecule has 1 aliphatic heterocycles. The van der Waals surface area contributed by atoms with Gasteiger partial charge in [-0.2, -0.15) is 0 Å². The molecule has 1 atom stereocenters. The summed E-state index contributed by atoms with van der Waals surface area (Å²) in [7, 11) is 3.38. The highest BCUT2D eigenvalue weighted by Gasteiger charge is 2.24. The van der Waals surface area contributed by atoms with Gasteiger partial charge in [0.05, 0.1) is 32.5 Å². The summed E-state index contributed by atoms with van der Waals surface area (Å²) < 4.78 is 16.9. The Morgan fingerprint density at radius 1 is 1.08 bits per heavy atom. The lowest BCUT2D eigenvalue weighted by atomic mass is 10.1. The van der Waals surface area contributed by atoms with Gasteiger partial charge in [0.25, 0.3) is 0 Å². The molecule has 0 amide bonds. The predicted molar refractivity (Wildman–Crippen MR) is 95.0 cm³/mol. The van der Waals surface area contributed by atoms with Crippen molar-refractivity contribution in [2.24, 2.45) is 0 Å². The summed E-state index contributed by atoms with van der Waals surface area (Å²) in [5.74, 6) is 1.70. The van der Waals surface area contributed by atoms with E-state index in [0.29, 0.717) is 6.61 Å². The fraction of sp³-hybridized carbons (Fsp3) is 0.368. The quantitative estimate of drug-likeness (QED) is 0.820. The minimum absolute atomic E-state index is 0.0525. The Bertz CT molecular complexity index is 653. The second-order valence-corrected chi connectivity index (χ2v) is 6.22. The standard InChI is InChI=1S/C19H22ClNO3/c1-22-17-4-3-5-18(23-2)16(17)12-21-10-11-24-19(13-21)14-6-8-15(20)9-7-14/h3-9,19H,10-13H2,1-2H3/t19-/m1/s1. The molecule has 1 heterocycles. The van der Waals surface area contributed by atoms with Crippen LogP contribution in [0, 0.1) is 0 Å². The molecule has 3 rings (SSSR count). The maximum absolute atomic E-state index is 5.97. The van der Waals surface area contributed by atoms with Crippen LogP contribution in [0.4, 0.5) is 0 Å². The third-order valence-corrected chi connectivity index (χ3v) is 4.56. The maximum Gasteiger partial charge on any atom is 0.127 e. The number of ether oxygens (including phenoxy) is 3. The molecule has 0 spiro atoms. The summed E-state index contributed by atoms with van der Waals surface area (Å²) in [4.78, 5) is 2.36. The molecule has 5 heteroatoms. The molecule has 0 aromatic heterocycles. The van der Waals surface area contributed by atoms with Crippen LogP contribution in [0.3, 0.4) is 0 Å². The Balaban J connectivity index is 1.75. The monoisotopic (exact) mass is 347 g/mol. The molecule has 2 aromatic rings. The van der Waals surface area contributed by atoms with E-state index in [1.54, 1.807) is 14.2 Å². The van der Waals surface area contributed by atoms with Gasteiger partial charge in [-0.15, -0.1) is 0 Å². The van der Waals surface area contributed by atoms with E-state index >= 15 is 0 Å². The van der Waals surface area contributed by atoms with Crippen molar-refractivity contribution in [2.45, 2.75) is 12.6 Å². The number of rotatable bonds is 5. The zero-order valence-corrected chi connectivity index (χ0v) is 14.8. The minimum Gasteiger partial charge on any atom is -0.496 e. The Kier molecular flexibility index (Phi) is 5.61. The number of nitrogens with zero attached hydrogens (tertiary/aromatic N) is 1. The van der Waals surface area contributed by atoms with Crippen molar-refractivity contribution in [1.29, 1.82) is 0 Å². The van der Waals surface area contributed by atoms with Crippen LogP contribution in [0.25, 0.3) is 0 Å². The molecular formula is C19H22ClNO3. The second kappa shape index (κ2) is 7.88. The molecule has 1 fully saturated rings. The molecule has 0 bridgehead atoms. The van der Waals surface area contributed by atoms with Crippen molar-refractivity contribution in [3.05, 3.63) is 58.6 Å². The van der Waals surface area contributed by atoms with E-state index in [2.05, 4.69) is 4.90 Å². The third-order valence-electron chi connectivity index (χ3n) is 4.30. The van der Waals surface area contributed by atoms with E-state index in [1.165, 1.54) is 0 Å². The molecule has 0 N–H and O–H groups in total. The first-order valence-electron chi connectivity index (χ1n) is 8.00. The predicted octanol–water partition coefficient (Wildman–Crippen LogP) is 3.93. The topological polar surface area (TPSA) is 30.9 Å². The van der Waals surface area contributed by atoms with Gasteiger partial charge in [-0.25, -0.2) is 0 Å². The normalized spacial score (nSPS) is 18.4. The van der Waals surface area contributed by atoms with Crippen LogP contribution in [0.1, 0.15) is 17.2 Å². The lowest BCUT2D eigenvalue weighted by molar-refractivity contribution is -0.0332. The van der Waals surface area contributed by atoms with Crippen LogP contribution in [0.2, 0.25) is 5.02 Å². The highest BCUT2D eigenvalue weighted by atomic mass is 35.5. The van der Waals surface area contributed by atoms with Crippen LogP contribution in [-0.4, -0.2) is 38.8 Å². The summed E-state index contributed by atoms with van der Waals surface area (Å²) in [5, 5.41) is 0.741. The minimum atomic E-state index is 0.0525. The highest BCUT2D eigenvalue weighted by molar-refractivity contribution is 6.30. The smallest absolute Gasteiger partial charge is 0.127 e. The Morgan fingerprint density at radius 3 is 2.38 bits per heavy atom. The Hall–Kier alpha value is -1.75. The van der Waals surface area contributed by atoms with E-state index in [4.69, 9.17) is 25.8 Å². The number of hydrogen-bond donors (Lipinski definition) is 0. The van der Waals surface area contributed by atoms with Crippen LogP contribution in [-0.2, 0) is 11.3 Å². The second-order valence-electron chi connectivity index (χ2n) is 5.79. The number of halogens is 1. The number of benzene rings is 2. The molecule has 0 radical (unpaired) electrons. The molecular weight excluding hydrogens is 326 g/mol. The van der Waals surface area contributed by atoms with Crippen LogP contribution < -0.4 is 9.47 Å². The number of morpholine rings is 1. The van der Waals surface area contributed by atoms with E-state index in [-0.39, 0.29) is 6.10 Å². The van der Waals surface area contributed by atoms with Crippen molar-refractivity contribution in [1.82, 2.24) is 4.90 Å². The highest BCUT2D eigenvalue weighted by Crippen LogP contribution is 2.31. The van der Waals surface area contributed by atoms with Crippen molar-refractivity contribution in [2.75, 3.05) is 33.9 Å². The van der Waals surface area contributed by atoms with E-state index in [0.717, 1.165) is 47.3 Å². The molecule has 128 valence electrons. The van der Waals surface area contributed by atoms with Gasteiger partial charge in [-0.05, 0) is 29.8 Å². The molecule has 0 aliphatic carbocycles. The molecule has 24 heavy (non-hydrogen) atoms. The Labute approximate surface area is 147 Å². The third kappa shape index (κ3) is 3.83. The van der Waals surface area contributed by atoms with Gasteiger partial charge in [0.1, 0.15) is 11.5 Å². The average Bonchev–Trinajstić information content (AvgIpc) is 2.62. The first kappa shape index (κ1) is 17.1. The van der Waals surface area contributed by atoms with Gasteiger partial charge in [0.2, 0.25) is 0 Å². The zero-order chi connectivity index (χ0) is 16.9. The van der Waals surface area contributed by atoms with Crippen molar-refractivity contribution in [3.63, 3.8) is 0 Å². The first-order valence-corrected chi connectivity index (χ1v) is 8.38. The zero-order valence-electron chi connectivity index (χ0n) is 14.0. The van der Waals surface area contributed by atoms with E-state index in [9.17, 15) is 0 Å². The summed E-state index contributed by atoms with van der Waals surface area (Å²) in [5.41, 5.74) is 2.22. The summed E-state index contributed by atoms with van der Waals surface area (Å²) in [6.45, 7) is 3.17. The SMILES string of the molecule is COc1cccc(OC)c1CN1CCO[C@@H](c2ccc(Cl)cc2)C1. The molecule has 4 nitrogen and oxygen atoms in total. The summed E-state index contributed by atoms with van der Waals surface area (Å²) in [6, 6.07) is 13.7. The average molecular weight is 348 g/mol. The van der Waals surface area contributed by atoms with Gasteiger partial charge in [-0.1, -0.05) is 29.8 Å². The first-order chi connectivity index (χ1) is 11.7. The molecule has 0 saturated carbocycles. The largest absolute Gasteiger partial charge is 0.496 e. The summed E-state index contributed by atoms with van der Waals surface area (Å²) in [6.07, 6.45) is 0.0525. The Morgan fingerprint density at radius 2 is 1.75 bits per heavy atom. The van der Waals surface area contributed by atoms with Crippen LogP contribution in [0.5, 0.6) is 11.5 Å². The molecule has 1 saturated heterocycles. The van der Waals surface area contributed by atoms with Crippen LogP contribution >= 0.6 is 11.6 Å². The molecule has 2 aromatic carbocycles. The maximum atomic E-state index is 5.97. The van der Waals surface area contributed by atoms with Gasteiger partial charge in [-0.3, -0.25) is 4.90 Å². The van der Waals surface area contributed by atoms with E-state index < -0.39 is 0 Å². The lowest BCUT2D eigenvalue weighted by Gasteiger charge is -2.33. The van der Waals surface area contributed by atoms with E-state index in [1.807, 2.05) is 42.5 Å². The number of hydrogen-bond acceptors (Lipinski definition) is 4. The van der Waals surface area contributed by atoms with Gasteiger partial charge >= 0.3 is 0 Å². The lowest BCUT2D eigenvalue weighted by Crippen LogP contribution is -2.38. The van der Waals surface area contributed by atoms with Crippen LogP contribution in [0.15, 0.2) is 42.5 Å². The fourth-order valence-corrected chi connectivity index (χ4v) is 3.16. The summed E-state index contributed by atoms with van der Waals surface area (Å²) >= 11 is 5.97. The molecule has 1 aliphatic rings. The van der Waals surface area contributed by atoms with Crippen molar-refractivity contribution < 1.29 is 14.2 Å². The van der Waals surface area contributed by atoms with Gasteiger partial charge in [0.15, 0.2) is 0 Å². The van der Waals surface area contributed by atoms with Gasteiger partial charge in [0, 0.05) is 24.7 Å².